The monoisotopic (exact) mass is 275 g/mol. The highest BCUT2D eigenvalue weighted by Gasteiger charge is 2.28. The van der Waals surface area contributed by atoms with Crippen LogP contribution in [0.5, 0.6) is 5.75 Å². The molecule has 0 bridgehead atoms. The number of phenols is 1. The van der Waals surface area contributed by atoms with Gasteiger partial charge < -0.3 is 10.4 Å². The van der Waals surface area contributed by atoms with E-state index >= 15 is 0 Å². The van der Waals surface area contributed by atoms with E-state index in [-0.39, 0.29) is 0 Å². The summed E-state index contributed by atoms with van der Waals surface area (Å²) in [4.78, 5) is 0. The van der Waals surface area contributed by atoms with Crippen molar-refractivity contribution in [2.24, 2.45) is 5.41 Å². The zero-order chi connectivity index (χ0) is 14.6. The van der Waals surface area contributed by atoms with Gasteiger partial charge in [-0.25, -0.2) is 0 Å². The van der Waals surface area contributed by atoms with Crippen LogP contribution < -0.4 is 5.32 Å². The van der Waals surface area contributed by atoms with Gasteiger partial charge in [-0.3, -0.25) is 0 Å². The van der Waals surface area contributed by atoms with Crippen LogP contribution in [0.2, 0.25) is 0 Å². The SMILES string of the molecule is CC(CCc1ccc(O)cc1)NC1CCCC(C)(C)C1. The Kier molecular flexibility index (Phi) is 5.09. The number of rotatable bonds is 5. The van der Waals surface area contributed by atoms with Gasteiger partial charge in [0.25, 0.3) is 0 Å². The molecule has 2 nitrogen and oxygen atoms in total. The fourth-order valence-corrected chi connectivity index (χ4v) is 3.37. The number of aromatic hydroxyl groups is 1. The first-order valence-corrected chi connectivity index (χ1v) is 7.99. The van der Waals surface area contributed by atoms with Crippen molar-refractivity contribution in [3.8, 4) is 5.75 Å². The molecule has 2 unspecified atom stereocenters. The molecule has 1 aliphatic rings. The van der Waals surface area contributed by atoms with Gasteiger partial charge in [-0.15, -0.1) is 0 Å². The summed E-state index contributed by atoms with van der Waals surface area (Å²) in [5.74, 6) is 0.351. The molecule has 0 aromatic heterocycles. The van der Waals surface area contributed by atoms with Crippen LogP contribution in [-0.2, 0) is 6.42 Å². The third-order valence-electron chi connectivity index (χ3n) is 4.53. The molecule has 2 rings (SSSR count). The minimum absolute atomic E-state index is 0.351. The molecule has 2 N–H and O–H groups in total. The van der Waals surface area contributed by atoms with Gasteiger partial charge in [-0.1, -0.05) is 32.4 Å². The first-order valence-electron chi connectivity index (χ1n) is 7.99. The summed E-state index contributed by atoms with van der Waals surface area (Å²) in [6, 6.07) is 8.84. The highest BCUT2D eigenvalue weighted by Crippen LogP contribution is 2.35. The van der Waals surface area contributed by atoms with Crippen molar-refractivity contribution >= 4 is 0 Å². The minimum Gasteiger partial charge on any atom is -0.508 e. The summed E-state index contributed by atoms with van der Waals surface area (Å²) in [6.45, 7) is 7.08. The van der Waals surface area contributed by atoms with Crippen LogP contribution in [0.25, 0.3) is 0 Å². The van der Waals surface area contributed by atoms with Crippen molar-refractivity contribution in [2.45, 2.75) is 71.4 Å². The van der Waals surface area contributed by atoms with E-state index in [2.05, 4.69) is 26.1 Å². The van der Waals surface area contributed by atoms with Gasteiger partial charge in [0, 0.05) is 12.1 Å². The van der Waals surface area contributed by atoms with Crippen molar-refractivity contribution in [1.29, 1.82) is 0 Å². The molecule has 1 saturated carbocycles. The molecule has 1 aliphatic carbocycles. The molecule has 0 amide bonds. The average Bonchev–Trinajstić information content (AvgIpc) is 2.37. The molecule has 0 radical (unpaired) electrons. The lowest BCUT2D eigenvalue weighted by atomic mass is 9.75. The summed E-state index contributed by atoms with van der Waals surface area (Å²) in [5.41, 5.74) is 1.81. The Hall–Kier alpha value is -1.02. The number of hydrogen-bond acceptors (Lipinski definition) is 2. The zero-order valence-corrected chi connectivity index (χ0v) is 13.2. The first kappa shape index (κ1) is 15.4. The van der Waals surface area contributed by atoms with Crippen LogP contribution in [-0.4, -0.2) is 17.2 Å². The van der Waals surface area contributed by atoms with Crippen LogP contribution in [0.1, 0.15) is 58.4 Å². The lowest BCUT2D eigenvalue weighted by Crippen LogP contribution is -2.42. The van der Waals surface area contributed by atoms with Gasteiger partial charge >= 0.3 is 0 Å². The zero-order valence-electron chi connectivity index (χ0n) is 13.2. The van der Waals surface area contributed by atoms with Crippen molar-refractivity contribution in [3.63, 3.8) is 0 Å². The highest BCUT2D eigenvalue weighted by atomic mass is 16.3. The second kappa shape index (κ2) is 6.62. The normalized spacial score (nSPS) is 23.4. The summed E-state index contributed by atoms with van der Waals surface area (Å²) in [7, 11) is 0. The van der Waals surface area contributed by atoms with E-state index in [1.165, 1.54) is 31.2 Å². The molecule has 0 spiro atoms. The van der Waals surface area contributed by atoms with Crippen LogP contribution >= 0.6 is 0 Å². The van der Waals surface area contributed by atoms with Crippen LogP contribution in [0.4, 0.5) is 0 Å². The summed E-state index contributed by atoms with van der Waals surface area (Å²) in [6.07, 6.45) is 7.58. The van der Waals surface area contributed by atoms with Crippen LogP contribution in [0.15, 0.2) is 24.3 Å². The van der Waals surface area contributed by atoms with Crippen LogP contribution in [0, 0.1) is 5.41 Å². The second-order valence-electron chi connectivity index (χ2n) is 7.23. The smallest absolute Gasteiger partial charge is 0.115 e. The van der Waals surface area contributed by atoms with Gasteiger partial charge in [0.2, 0.25) is 0 Å². The van der Waals surface area contributed by atoms with Gasteiger partial charge in [0.1, 0.15) is 5.75 Å². The Morgan fingerprint density at radius 1 is 1.30 bits per heavy atom. The quantitative estimate of drug-likeness (QED) is 0.841. The van der Waals surface area contributed by atoms with Gasteiger partial charge in [-0.2, -0.15) is 0 Å². The lowest BCUT2D eigenvalue weighted by molar-refractivity contribution is 0.189. The van der Waals surface area contributed by atoms with E-state index in [1.54, 1.807) is 12.1 Å². The number of phenolic OH excluding ortho intramolecular Hbond substituents is 1. The molecule has 1 fully saturated rings. The Bertz CT molecular complexity index is 410. The average molecular weight is 275 g/mol. The molecule has 20 heavy (non-hydrogen) atoms. The molecule has 0 aliphatic heterocycles. The number of aryl methyl sites for hydroxylation is 1. The van der Waals surface area contributed by atoms with Crippen molar-refractivity contribution in [2.75, 3.05) is 0 Å². The second-order valence-corrected chi connectivity index (χ2v) is 7.23. The molecule has 2 atom stereocenters. The van der Waals surface area contributed by atoms with Crippen molar-refractivity contribution in [3.05, 3.63) is 29.8 Å². The maximum Gasteiger partial charge on any atom is 0.115 e. The summed E-state index contributed by atoms with van der Waals surface area (Å²) in [5, 5.41) is 13.1. The lowest BCUT2D eigenvalue weighted by Gasteiger charge is -2.37. The molecule has 112 valence electrons. The third-order valence-corrected chi connectivity index (χ3v) is 4.53. The number of benzene rings is 1. The van der Waals surface area contributed by atoms with Gasteiger partial charge in [0.05, 0.1) is 0 Å². The predicted molar refractivity (Wildman–Crippen MR) is 85.1 cm³/mol. The van der Waals surface area contributed by atoms with Gasteiger partial charge in [-0.05, 0) is 62.1 Å². The minimum atomic E-state index is 0.351. The highest BCUT2D eigenvalue weighted by molar-refractivity contribution is 5.25. The molecular weight excluding hydrogens is 246 g/mol. The fraction of sp³-hybridized carbons (Fsp3) is 0.667. The fourth-order valence-electron chi connectivity index (χ4n) is 3.37. The molecule has 0 heterocycles. The van der Waals surface area contributed by atoms with E-state index in [1.807, 2.05) is 12.1 Å². The number of nitrogens with one attached hydrogen (secondary N) is 1. The Morgan fingerprint density at radius 2 is 2.00 bits per heavy atom. The molecule has 0 saturated heterocycles. The van der Waals surface area contributed by atoms with Crippen LogP contribution in [0.3, 0.4) is 0 Å². The molecule has 1 aromatic rings. The van der Waals surface area contributed by atoms with E-state index in [9.17, 15) is 5.11 Å². The molecule has 2 heteroatoms. The van der Waals surface area contributed by atoms with Crippen molar-refractivity contribution < 1.29 is 5.11 Å². The molecular formula is C18H29NO. The summed E-state index contributed by atoms with van der Waals surface area (Å²) < 4.78 is 0. The standard InChI is InChI=1S/C18H29NO/c1-14(6-7-15-8-10-17(20)11-9-15)19-16-5-4-12-18(2,3)13-16/h8-11,14,16,19-20H,4-7,12-13H2,1-3H3. The Labute approximate surface area is 123 Å². The first-order chi connectivity index (χ1) is 9.44. The predicted octanol–water partition coefficient (Wildman–Crippen LogP) is 4.27. The molecule has 1 aromatic carbocycles. The Morgan fingerprint density at radius 3 is 2.65 bits per heavy atom. The van der Waals surface area contributed by atoms with E-state index in [4.69, 9.17) is 0 Å². The van der Waals surface area contributed by atoms with Gasteiger partial charge in [0.15, 0.2) is 0 Å². The summed E-state index contributed by atoms with van der Waals surface area (Å²) >= 11 is 0. The van der Waals surface area contributed by atoms with E-state index < -0.39 is 0 Å². The van der Waals surface area contributed by atoms with Crippen molar-refractivity contribution in [1.82, 2.24) is 5.32 Å². The topological polar surface area (TPSA) is 32.3 Å². The third kappa shape index (κ3) is 4.82. The maximum atomic E-state index is 9.29. The van der Waals surface area contributed by atoms with E-state index in [0.29, 0.717) is 23.2 Å². The number of hydrogen-bond donors (Lipinski definition) is 2. The largest absolute Gasteiger partial charge is 0.508 e. The maximum absolute atomic E-state index is 9.29. The Balaban J connectivity index is 1.75. The van der Waals surface area contributed by atoms with E-state index in [0.717, 1.165) is 12.8 Å².